The van der Waals surface area contributed by atoms with E-state index in [4.69, 9.17) is 74.3 Å². The van der Waals surface area contributed by atoms with E-state index in [1.54, 1.807) is 12.1 Å². The molecule has 0 radical (unpaired) electrons. The predicted octanol–water partition coefficient (Wildman–Crippen LogP) is 6.68. The average molecular weight is 392 g/mol. The maximum absolute atomic E-state index is 6.18. The van der Waals surface area contributed by atoms with Crippen molar-refractivity contribution in [3.8, 4) is 17.0 Å². The van der Waals surface area contributed by atoms with Gasteiger partial charge in [0.2, 0.25) is 5.88 Å². The van der Waals surface area contributed by atoms with Gasteiger partial charge in [0.25, 0.3) is 0 Å². The number of hydrogen-bond donors (Lipinski definition) is 0. The van der Waals surface area contributed by atoms with E-state index >= 15 is 0 Å². The number of methoxy groups -OCH3 is 1. The van der Waals surface area contributed by atoms with Gasteiger partial charge in [0.15, 0.2) is 0 Å². The van der Waals surface area contributed by atoms with Crippen LogP contribution in [0.1, 0.15) is 0 Å². The van der Waals surface area contributed by atoms with Crippen LogP contribution in [-0.2, 0) is 0 Å². The topological polar surface area (TPSA) is 22.1 Å². The van der Waals surface area contributed by atoms with Crippen LogP contribution in [0.15, 0.2) is 12.1 Å². The van der Waals surface area contributed by atoms with Crippen LogP contribution in [0.2, 0.25) is 30.3 Å². The minimum absolute atomic E-state index is 0.0877. The Balaban J connectivity index is 2.76. The summed E-state index contributed by atoms with van der Waals surface area (Å²) < 4.78 is 4.98. The fraction of sp³-hybridized carbons (Fsp3) is 0.0833. The van der Waals surface area contributed by atoms with Crippen molar-refractivity contribution in [1.29, 1.82) is 0 Å². The molecule has 0 aliphatic carbocycles. The molecule has 0 saturated heterocycles. The van der Waals surface area contributed by atoms with Gasteiger partial charge in [-0.1, -0.05) is 69.6 Å². The van der Waals surface area contributed by atoms with E-state index in [0.29, 0.717) is 17.0 Å². The molecule has 0 bridgehead atoms. The summed E-state index contributed by atoms with van der Waals surface area (Å²) in [5.41, 5.74) is 0.843. The zero-order chi connectivity index (χ0) is 15.0. The zero-order valence-corrected chi connectivity index (χ0v) is 14.3. The van der Waals surface area contributed by atoms with E-state index in [9.17, 15) is 0 Å². The molecule has 2 nitrogen and oxygen atoms in total. The highest BCUT2D eigenvalue weighted by molar-refractivity contribution is 6.56. The van der Waals surface area contributed by atoms with Crippen molar-refractivity contribution >= 4 is 69.6 Å². The molecule has 8 heteroatoms. The normalized spacial score (nSPS) is 10.8. The fourth-order valence-corrected chi connectivity index (χ4v) is 3.14. The summed E-state index contributed by atoms with van der Waals surface area (Å²) in [6.07, 6.45) is 0. The van der Waals surface area contributed by atoms with Gasteiger partial charge in [0.05, 0.1) is 32.2 Å². The van der Waals surface area contributed by atoms with Crippen LogP contribution < -0.4 is 4.74 Å². The van der Waals surface area contributed by atoms with Crippen LogP contribution in [-0.4, -0.2) is 12.1 Å². The van der Waals surface area contributed by atoms with Crippen LogP contribution in [0.25, 0.3) is 11.1 Å². The van der Waals surface area contributed by atoms with Gasteiger partial charge in [-0.05, 0) is 6.07 Å². The Labute approximate surface area is 145 Å². The monoisotopic (exact) mass is 389 g/mol. The Morgan fingerprint density at radius 2 is 1.30 bits per heavy atom. The third-order valence-electron chi connectivity index (χ3n) is 2.51. The number of halogens is 6. The molecular weight excluding hydrogens is 387 g/mol. The van der Waals surface area contributed by atoms with Gasteiger partial charge in [0, 0.05) is 17.2 Å². The molecule has 0 aliphatic rings. The predicted molar refractivity (Wildman–Crippen MR) is 86.3 cm³/mol. The van der Waals surface area contributed by atoms with E-state index in [1.807, 2.05) is 0 Å². The van der Waals surface area contributed by atoms with Crippen molar-refractivity contribution in [1.82, 2.24) is 4.98 Å². The summed E-state index contributed by atoms with van der Waals surface area (Å²) >= 11 is 36.4. The SMILES string of the molecule is COc1ccc(-c2c(Cl)c(Cl)c(Cl)c(Cl)c2Cl)c(Cl)n1. The van der Waals surface area contributed by atoms with Gasteiger partial charge in [-0.2, -0.15) is 0 Å². The van der Waals surface area contributed by atoms with Crippen molar-refractivity contribution in [2.75, 3.05) is 7.11 Å². The Kier molecular flexibility index (Phi) is 5.17. The minimum atomic E-state index is 0.0877. The molecule has 2 aromatic rings. The number of hydrogen-bond acceptors (Lipinski definition) is 2. The quantitative estimate of drug-likeness (QED) is 0.323. The molecule has 106 valence electrons. The smallest absolute Gasteiger partial charge is 0.214 e. The van der Waals surface area contributed by atoms with Crippen LogP contribution in [0.5, 0.6) is 5.88 Å². The molecular formula is C12H5Cl6NO. The van der Waals surface area contributed by atoms with Gasteiger partial charge in [-0.25, -0.2) is 4.98 Å². The van der Waals surface area contributed by atoms with E-state index in [0.717, 1.165) is 0 Å². The highest BCUT2D eigenvalue weighted by Gasteiger charge is 2.22. The van der Waals surface area contributed by atoms with Gasteiger partial charge in [-0.3, -0.25) is 0 Å². The summed E-state index contributed by atoms with van der Waals surface area (Å²) in [5.74, 6) is 0.358. The fourth-order valence-electron chi connectivity index (χ4n) is 1.56. The molecule has 1 heterocycles. The first kappa shape index (κ1) is 16.3. The lowest BCUT2D eigenvalue weighted by atomic mass is 10.1. The van der Waals surface area contributed by atoms with Crippen molar-refractivity contribution in [3.05, 3.63) is 42.4 Å². The van der Waals surface area contributed by atoms with Gasteiger partial charge < -0.3 is 4.74 Å². The number of aromatic nitrogens is 1. The molecule has 0 saturated carbocycles. The summed E-state index contributed by atoms with van der Waals surface area (Å²) in [6, 6.07) is 3.27. The molecule has 0 spiro atoms. The Bertz CT molecular complexity index is 659. The minimum Gasteiger partial charge on any atom is -0.481 e. The first-order valence-corrected chi connectivity index (χ1v) is 7.37. The average Bonchev–Trinajstić information content (AvgIpc) is 2.44. The number of nitrogens with zero attached hydrogens (tertiary/aromatic N) is 1. The first-order chi connectivity index (χ1) is 9.38. The van der Waals surface area contributed by atoms with E-state index in [2.05, 4.69) is 4.98 Å². The second kappa shape index (κ2) is 6.35. The number of ether oxygens (including phenoxy) is 1. The van der Waals surface area contributed by atoms with Crippen molar-refractivity contribution in [2.24, 2.45) is 0 Å². The Morgan fingerprint density at radius 1 is 0.800 bits per heavy atom. The van der Waals surface area contributed by atoms with Gasteiger partial charge >= 0.3 is 0 Å². The molecule has 20 heavy (non-hydrogen) atoms. The Hall–Kier alpha value is -0.0900. The molecule has 0 fully saturated rings. The van der Waals surface area contributed by atoms with Gasteiger partial charge in [0.1, 0.15) is 5.15 Å². The molecule has 2 rings (SSSR count). The molecule has 0 N–H and O–H groups in total. The van der Waals surface area contributed by atoms with Crippen LogP contribution in [0.4, 0.5) is 0 Å². The maximum atomic E-state index is 6.18. The van der Waals surface area contributed by atoms with Crippen LogP contribution in [0, 0.1) is 0 Å². The van der Waals surface area contributed by atoms with E-state index < -0.39 is 0 Å². The van der Waals surface area contributed by atoms with Crippen molar-refractivity contribution in [2.45, 2.75) is 0 Å². The second-order valence-electron chi connectivity index (χ2n) is 3.64. The van der Waals surface area contributed by atoms with Crippen molar-refractivity contribution < 1.29 is 4.74 Å². The molecule has 0 aliphatic heterocycles. The van der Waals surface area contributed by atoms with Gasteiger partial charge in [-0.15, -0.1) is 0 Å². The van der Waals surface area contributed by atoms with E-state index in [-0.39, 0.29) is 30.3 Å². The maximum Gasteiger partial charge on any atom is 0.214 e. The lowest BCUT2D eigenvalue weighted by molar-refractivity contribution is 0.398. The first-order valence-electron chi connectivity index (χ1n) is 5.10. The third-order valence-corrected chi connectivity index (χ3v) is 5.08. The van der Waals surface area contributed by atoms with Crippen molar-refractivity contribution in [3.63, 3.8) is 0 Å². The van der Waals surface area contributed by atoms with E-state index in [1.165, 1.54) is 7.11 Å². The molecule has 0 unspecified atom stereocenters. The lowest BCUT2D eigenvalue weighted by Crippen LogP contribution is -1.92. The standard InChI is InChI=1S/C12H5Cl6NO/c1-20-5-3-2-4(12(18)19-5)6-7(13)9(15)11(17)10(16)8(6)14/h2-3H,1H3. The highest BCUT2D eigenvalue weighted by Crippen LogP contribution is 2.49. The molecule has 1 aromatic carbocycles. The molecule has 0 atom stereocenters. The lowest BCUT2D eigenvalue weighted by Gasteiger charge is -2.13. The molecule has 1 aromatic heterocycles. The summed E-state index contributed by atoms with van der Waals surface area (Å²) in [6.45, 7) is 0. The zero-order valence-electron chi connectivity index (χ0n) is 9.78. The number of pyridine rings is 1. The summed E-state index contributed by atoms with van der Waals surface area (Å²) in [5, 5.41) is 0.751. The van der Waals surface area contributed by atoms with Crippen LogP contribution in [0.3, 0.4) is 0 Å². The number of benzene rings is 1. The highest BCUT2D eigenvalue weighted by atomic mass is 35.5. The third kappa shape index (κ3) is 2.78. The second-order valence-corrected chi connectivity index (χ2v) is 5.88. The number of rotatable bonds is 2. The summed E-state index contributed by atoms with van der Waals surface area (Å²) in [7, 11) is 1.48. The summed E-state index contributed by atoms with van der Waals surface area (Å²) in [4.78, 5) is 4.04. The van der Waals surface area contributed by atoms with Crippen LogP contribution >= 0.6 is 69.6 Å². The molecule has 0 amide bonds. The Morgan fingerprint density at radius 3 is 1.75 bits per heavy atom. The largest absolute Gasteiger partial charge is 0.481 e.